The molecule has 2 rings (SSSR count). The first-order valence-corrected chi connectivity index (χ1v) is 6.61. The lowest BCUT2D eigenvalue weighted by atomic mass is 10.0. The van der Waals surface area contributed by atoms with E-state index in [2.05, 4.69) is 35.1 Å². The number of pyridine rings is 1. The Balaban J connectivity index is 1.76. The molecule has 3 nitrogen and oxygen atoms in total. The second kappa shape index (κ2) is 6.12. The molecular weight excluding hydrogens is 210 g/mol. The number of aromatic nitrogens is 1. The highest BCUT2D eigenvalue weighted by molar-refractivity contribution is 5.08. The molecule has 0 amide bonds. The van der Waals surface area contributed by atoms with Gasteiger partial charge in [-0.1, -0.05) is 19.9 Å². The SMILES string of the molecule is CC(C)NC1CCN(Cc2cccnc2)CC1. The lowest BCUT2D eigenvalue weighted by Gasteiger charge is -2.33. The predicted octanol–water partition coefficient (Wildman–Crippen LogP) is 2.04. The van der Waals surface area contributed by atoms with Crippen molar-refractivity contribution in [1.82, 2.24) is 15.2 Å². The van der Waals surface area contributed by atoms with Crippen molar-refractivity contribution in [3.63, 3.8) is 0 Å². The minimum atomic E-state index is 0.602. The first-order chi connectivity index (χ1) is 8.24. The summed E-state index contributed by atoms with van der Waals surface area (Å²) in [7, 11) is 0. The number of rotatable bonds is 4. The van der Waals surface area contributed by atoms with E-state index in [0.29, 0.717) is 12.1 Å². The molecule has 94 valence electrons. The van der Waals surface area contributed by atoms with E-state index in [0.717, 1.165) is 6.54 Å². The van der Waals surface area contributed by atoms with E-state index >= 15 is 0 Å². The van der Waals surface area contributed by atoms with Gasteiger partial charge in [0.25, 0.3) is 0 Å². The van der Waals surface area contributed by atoms with Crippen LogP contribution in [0.15, 0.2) is 24.5 Å². The normalized spacial score (nSPS) is 18.8. The monoisotopic (exact) mass is 233 g/mol. The average molecular weight is 233 g/mol. The van der Waals surface area contributed by atoms with Crippen LogP contribution in [0.2, 0.25) is 0 Å². The van der Waals surface area contributed by atoms with Gasteiger partial charge in [0.1, 0.15) is 0 Å². The van der Waals surface area contributed by atoms with Gasteiger partial charge in [-0.2, -0.15) is 0 Å². The number of hydrogen-bond donors (Lipinski definition) is 1. The van der Waals surface area contributed by atoms with E-state index in [9.17, 15) is 0 Å². The highest BCUT2D eigenvalue weighted by atomic mass is 15.1. The molecule has 1 saturated heterocycles. The molecule has 0 bridgehead atoms. The van der Waals surface area contributed by atoms with Crippen molar-refractivity contribution < 1.29 is 0 Å². The van der Waals surface area contributed by atoms with E-state index in [4.69, 9.17) is 0 Å². The van der Waals surface area contributed by atoms with Gasteiger partial charge >= 0.3 is 0 Å². The maximum atomic E-state index is 4.17. The Morgan fingerprint density at radius 1 is 1.41 bits per heavy atom. The summed E-state index contributed by atoms with van der Waals surface area (Å²) in [6.07, 6.45) is 6.33. The zero-order valence-electron chi connectivity index (χ0n) is 10.9. The predicted molar refractivity (Wildman–Crippen MR) is 70.8 cm³/mol. The van der Waals surface area contributed by atoms with Crippen molar-refractivity contribution in [2.75, 3.05) is 13.1 Å². The number of piperidine rings is 1. The second-order valence-corrected chi connectivity index (χ2v) is 5.23. The average Bonchev–Trinajstić information content (AvgIpc) is 2.32. The van der Waals surface area contributed by atoms with Crippen LogP contribution in [0.1, 0.15) is 32.3 Å². The van der Waals surface area contributed by atoms with Gasteiger partial charge in [0.2, 0.25) is 0 Å². The fourth-order valence-electron chi connectivity index (χ4n) is 2.48. The molecule has 0 aromatic carbocycles. The van der Waals surface area contributed by atoms with Gasteiger partial charge in [-0.25, -0.2) is 0 Å². The number of hydrogen-bond acceptors (Lipinski definition) is 3. The summed E-state index contributed by atoms with van der Waals surface area (Å²) in [6.45, 7) is 7.88. The third kappa shape index (κ3) is 4.10. The summed E-state index contributed by atoms with van der Waals surface area (Å²) >= 11 is 0. The maximum absolute atomic E-state index is 4.17. The Morgan fingerprint density at radius 3 is 2.76 bits per heavy atom. The number of nitrogens with one attached hydrogen (secondary N) is 1. The fraction of sp³-hybridized carbons (Fsp3) is 0.643. The van der Waals surface area contributed by atoms with Crippen molar-refractivity contribution in [2.45, 2.75) is 45.3 Å². The maximum Gasteiger partial charge on any atom is 0.0312 e. The molecule has 0 saturated carbocycles. The quantitative estimate of drug-likeness (QED) is 0.862. The Hall–Kier alpha value is -0.930. The summed E-state index contributed by atoms with van der Waals surface area (Å²) in [4.78, 5) is 6.69. The third-order valence-corrected chi connectivity index (χ3v) is 3.29. The van der Waals surface area contributed by atoms with Gasteiger partial charge in [-0.15, -0.1) is 0 Å². The van der Waals surface area contributed by atoms with Gasteiger partial charge in [0.05, 0.1) is 0 Å². The van der Waals surface area contributed by atoms with Crippen LogP contribution >= 0.6 is 0 Å². The first-order valence-electron chi connectivity index (χ1n) is 6.61. The van der Waals surface area contributed by atoms with Crippen LogP contribution < -0.4 is 5.32 Å². The topological polar surface area (TPSA) is 28.2 Å². The van der Waals surface area contributed by atoms with Crippen LogP contribution in [0, 0.1) is 0 Å². The van der Waals surface area contributed by atoms with E-state index in [1.54, 1.807) is 0 Å². The zero-order chi connectivity index (χ0) is 12.1. The van der Waals surface area contributed by atoms with Gasteiger partial charge in [0.15, 0.2) is 0 Å². The molecule has 1 fully saturated rings. The minimum Gasteiger partial charge on any atom is -0.312 e. The molecule has 1 aliphatic heterocycles. The molecule has 0 radical (unpaired) electrons. The van der Waals surface area contributed by atoms with E-state index < -0.39 is 0 Å². The summed E-state index contributed by atoms with van der Waals surface area (Å²) in [6, 6.07) is 5.48. The third-order valence-electron chi connectivity index (χ3n) is 3.29. The van der Waals surface area contributed by atoms with E-state index in [1.165, 1.54) is 31.5 Å². The van der Waals surface area contributed by atoms with Crippen LogP contribution in [0.3, 0.4) is 0 Å². The molecule has 1 aromatic heterocycles. The lowest BCUT2D eigenvalue weighted by molar-refractivity contribution is 0.186. The fourth-order valence-corrected chi connectivity index (χ4v) is 2.48. The molecule has 0 spiro atoms. The minimum absolute atomic E-state index is 0.602. The molecule has 0 aliphatic carbocycles. The molecular formula is C14H23N3. The number of likely N-dealkylation sites (tertiary alicyclic amines) is 1. The standard InChI is InChI=1S/C14H23N3/c1-12(2)16-14-5-8-17(9-6-14)11-13-4-3-7-15-10-13/h3-4,7,10,12,14,16H,5-6,8-9,11H2,1-2H3. The smallest absolute Gasteiger partial charge is 0.0312 e. The molecule has 1 aromatic rings. The van der Waals surface area contributed by atoms with Crippen LogP contribution in [-0.2, 0) is 6.54 Å². The molecule has 2 heterocycles. The lowest BCUT2D eigenvalue weighted by Crippen LogP contribution is -2.44. The van der Waals surface area contributed by atoms with Crippen molar-refractivity contribution >= 4 is 0 Å². The van der Waals surface area contributed by atoms with Crippen molar-refractivity contribution in [3.05, 3.63) is 30.1 Å². The largest absolute Gasteiger partial charge is 0.312 e. The highest BCUT2D eigenvalue weighted by Crippen LogP contribution is 2.13. The first kappa shape index (κ1) is 12.5. The van der Waals surface area contributed by atoms with Crippen LogP contribution in [0.4, 0.5) is 0 Å². The molecule has 1 aliphatic rings. The van der Waals surface area contributed by atoms with Crippen molar-refractivity contribution in [1.29, 1.82) is 0 Å². The van der Waals surface area contributed by atoms with Crippen LogP contribution in [0.5, 0.6) is 0 Å². The van der Waals surface area contributed by atoms with Gasteiger partial charge in [0, 0.05) is 31.0 Å². The van der Waals surface area contributed by atoms with Gasteiger partial charge < -0.3 is 5.32 Å². The molecule has 0 atom stereocenters. The Labute approximate surface area is 104 Å². The zero-order valence-corrected chi connectivity index (χ0v) is 10.9. The van der Waals surface area contributed by atoms with Crippen LogP contribution in [0.25, 0.3) is 0 Å². The molecule has 0 unspecified atom stereocenters. The number of nitrogens with zero attached hydrogens (tertiary/aromatic N) is 2. The molecule has 3 heteroatoms. The highest BCUT2D eigenvalue weighted by Gasteiger charge is 2.19. The van der Waals surface area contributed by atoms with E-state index in [1.807, 2.05) is 18.5 Å². The molecule has 17 heavy (non-hydrogen) atoms. The Morgan fingerprint density at radius 2 is 2.18 bits per heavy atom. The summed E-state index contributed by atoms with van der Waals surface area (Å²) in [5, 5.41) is 3.63. The van der Waals surface area contributed by atoms with Gasteiger partial charge in [-0.3, -0.25) is 9.88 Å². The summed E-state index contributed by atoms with van der Waals surface area (Å²) in [5.41, 5.74) is 1.32. The Kier molecular flexibility index (Phi) is 4.51. The van der Waals surface area contributed by atoms with E-state index in [-0.39, 0.29) is 0 Å². The van der Waals surface area contributed by atoms with Gasteiger partial charge in [-0.05, 0) is 37.6 Å². The van der Waals surface area contributed by atoms with Crippen molar-refractivity contribution in [3.8, 4) is 0 Å². The molecule has 1 N–H and O–H groups in total. The van der Waals surface area contributed by atoms with Crippen molar-refractivity contribution in [2.24, 2.45) is 0 Å². The summed E-state index contributed by atoms with van der Waals surface area (Å²) in [5.74, 6) is 0. The summed E-state index contributed by atoms with van der Waals surface area (Å²) < 4.78 is 0. The second-order valence-electron chi connectivity index (χ2n) is 5.23. The van der Waals surface area contributed by atoms with Crippen LogP contribution in [-0.4, -0.2) is 35.1 Å². The Bertz CT molecular complexity index is 315.